The quantitative estimate of drug-likeness (QED) is 0.586. The zero-order valence-electron chi connectivity index (χ0n) is 7.37. The predicted octanol–water partition coefficient (Wildman–Crippen LogP) is 0.244. The van der Waals surface area contributed by atoms with Crippen molar-refractivity contribution in [3.05, 3.63) is 0 Å². The summed E-state index contributed by atoms with van der Waals surface area (Å²) in [6.07, 6.45) is 0.138. The highest BCUT2D eigenvalue weighted by atomic mass is 35.5. The largest absolute Gasteiger partial charge is 0.390 e. The Morgan fingerprint density at radius 3 is 1.91 bits per heavy atom. The first-order chi connectivity index (χ1) is 4.39. The number of nitrogens with two attached hydrogens (primary N) is 2. The Morgan fingerprint density at radius 2 is 1.82 bits per heavy atom. The molecule has 0 aliphatic rings. The molecule has 0 heterocycles. The molecular weight excluding hydrogens is 164 g/mol. The van der Waals surface area contributed by atoms with Gasteiger partial charge in [-0.25, -0.2) is 0 Å². The predicted molar refractivity (Wildman–Crippen MR) is 49.8 cm³/mol. The summed E-state index contributed by atoms with van der Waals surface area (Å²) in [5.74, 6) is 0. The van der Waals surface area contributed by atoms with E-state index in [1.807, 2.05) is 6.92 Å². The molecule has 0 spiro atoms. The average Bonchev–Trinajstić information content (AvgIpc) is 1.83. The molecular formula is C7H19ClN2O. The van der Waals surface area contributed by atoms with Gasteiger partial charge in [0, 0.05) is 11.6 Å². The lowest BCUT2D eigenvalue weighted by molar-refractivity contribution is 0.0773. The van der Waals surface area contributed by atoms with E-state index in [9.17, 15) is 5.11 Å². The Bertz CT molecular complexity index is 103. The first-order valence-electron chi connectivity index (χ1n) is 3.62. The maximum absolute atomic E-state index is 9.40. The summed E-state index contributed by atoms with van der Waals surface area (Å²) in [5.41, 5.74) is 10.6. The van der Waals surface area contributed by atoms with Crippen LogP contribution >= 0.6 is 12.4 Å². The van der Waals surface area contributed by atoms with Crippen LogP contribution in [0.5, 0.6) is 0 Å². The van der Waals surface area contributed by atoms with Crippen LogP contribution in [0.3, 0.4) is 0 Å². The summed E-state index contributed by atoms with van der Waals surface area (Å²) in [6.45, 7) is 5.47. The Kier molecular flexibility index (Phi) is 6.16. The van der Waals surface area contributed by atoms with Crippen molar-refractivity contribution in [1.82, 2.24) is 0 Å². The smallest absolute Gasteiger partial charge is 0.0864 e. The Morgan fingerprint density at radius 1 is 1.45 bits per heavy atom. The van der Waals surface area contributed by atoms with E-state index in [-0.39, 0.29) is 18.4 Å². The molecule has 5 N–H and O–H groups in total. The fraction of sp³-hybridized carbons (Fsp3) is 1.00. The molecule has 0 aromatic heterocycles. The van der Waals surface area contributed by atoms with Gasteiger partial charge >= 0.3 is 0 Å². The van der Waals surface area contributed by atoms with Crippen molar-refractivity contribution in [2.45, 2.75) is 44.9 Å². The number of rotatable bonds is 3. The SMILES string of the molecule is CCC(N)C(O)C(C)(C)N.Cl. The van der Waals surface area contributed by atoms with Crippen LogP contribution in [0.25, 0.3) is 0 Å². The van der Waals surface area contributed by atoms with Gasteiger partial charge in [-0.1, -0.05) is 6.92 Å². The number of aliphatic hydroxyl groups is 1. The van der Waals surface area contributed by atoms with E-state index >= 15 is 0 Å². The van der Waals surface area contributed by atoms with Gasteiger partial charge in [-0.15, -0.1) is 12.4 Å². The molecule has 0 aromatic carbocycles. The van der Waals surface area contributed by atoms with Gasteiger partial charge in [-0.3, -0.25) is 0 Å². The van der Waals surface area contributed by atoms with Crippen molar-refractivity contribution in [2.24, 2.45) is 11.5 Å². The van der Waals surface area contributed by atoms with E-state index in [0.717, 1.165) is 6.42 Å². The molecule has 0 aliphatic heterocycles. The topological polar surface area (TPSA) is 72.3 Å². The number of halogens is 1. The zero-order valence-corrected chi connectivity index (χ0v) is 8.19. The third-order valence-corrected chi connectivity index (χ3v) is 1.64. The standard InChI is InChI=1S/C7H18N2O.ClH/c1-4-5(8)6(10)7(2,3)9;/h5-6,10H,4,8-9H2,1-3H3;1H. The highest BCUT2D eigenvalue weighted by molar-refractivity contribution is 5.85. The van der Waals surface area contributed by atoms with Gasteiger partial charge in [0.25, 0.3) is 0 Å². The summed E-state index contributed by atoms with van der Waals surface area (Å²) >= 11 is 0. The van der Waals surface area contributed by atoms with Gasteiger partial charge in [-0.05, 0) is 20.3 Å². The van der Waals surface area contributed by atoms with Gasteiger partial charge in [0.15, 0.2) is 0 Å². The molecule has 0 aliphatic carbocycles. The van der Waals surface area contributed by atoms with Crippen LogP contribution in [0.15, 0.2) is 0 Å². The van der Waals surface area contributed by atoms with E-state index in [2.05, 4.69) is 0 Å². The summed E-state index contributed by atoms with van der Waals surface area (Å²) in [7, 11) is 0. The summed E-state index contributed by atoms with van der Waals surface area (Å²) in [4.78, 5) is 0. The van der Waals surface area contributed by atoms with Gasteiger partial charge in [0.05, 0.1) is 6.10 Å². The number of aliphatic hydroxyl groups excluding tert-OH is 1. The van der Waals surface area contributed by atoms with E-state index in [1.54, 1.807) is 13.8 Å². The minimum absolute atomic E-state index is 0. The Labute approximate surface area is 74.6 Å². The van der Waals surface area contributed by atoms with Crippen molar-refractivity contribution in [1.29, 1.82) is 0 Å². The second kappa shape index (κ2) is 4.93. The lowest BCUT2D eigenvalue weighted by atomic mass is 9.92. The molecule has 4 heteroatoms. The van der Waals surface area contributed by atoms with Crippen LogP contribution in [0.2, 0.25) is 0 Å². The highest BCUT2D eigenvalue weighted by Crippen LogP contribution is 2.09. The van der Waals surface area contributed by atoms with Crippen LogP contribution in [0, 0.1) is 0 Å². The minimum Gasteiger partial charge on any atom is -0.390 e. The maximum Gasteiger partial charge on any atom is 0.0864 e. The van der Waals surface area contributed by atoms with E-state index in [0.29, 0.717) is 0 Å². The second-order valence-corrected chi connectivity index (χ2v) is 3.34. The summed E-state index contributed by atoms with van der Waals surface area (Å²) < 4.78 is 0. The van der Waals surface area contributed by atoms with E-state index in [4.69, 9.17) is 11.5 Å². The normalized spacial score (nSPS) is 16.9. The van der Waals surface area contributed by atoms with Crippen LogP contribution in [0.1, 0.15) is 27.2 Å². The third kappa shape index (κ3) is 4.58. The molecule has 11 heavy (non-hydrogen) atoms. The monoisotopic (exact) mass is 182 g/mol. The van der Waals surface area contributed by atoms with Gasteiger partial charge in [0.1, 0.15) is 0 Å². The molecule has 0 saturated carbocycles. The summed E-state index contributed by atoms with van der Waals surface area (Å²) in [6, 6.07) is -0.208. The molecule has 0 aromatic rings. The molecule has 0 rings (SSSR count). The Balaban J connectivity index is 0. The summed E-state index contributed by atoms with van der Waals surface area (Å²) in [5, 5.41) is 9.40. The molecule has 0 amide bonds. The number of hydrogen-bond donors (Lipinski definition) is 3. The van der Waals surface area contributed by atoms with Crippen LogP contribution < -0.4 is 11.5 Å². The van der Waals surface area contributed by atoms with Crippen LogP contribution in [-0.2, 0) is 0 Å². The molecule has 0 fully saturated rings. The van der Waals surface area contributed by atoms with Crippen molar-refractivity contribution >= 4 is 12.4 Å². The molecule has 0 saturated heterocycles. The fourth-order valence-corrected chi connectivity index (χ4v) is 0.775. The molecule has 3 nitrogen and oxygen atoms in total. The lowest BCUT2D eigenvalue weighted by Gasteiger charge is -2.29. The van der Waals surface area contributed by atoms with Gasteiger partial charge < -0.3 is 16.6 Å². The molecule has 0 radical (unpaired) electrons. The van der Waals surface area contributed by atoms with Crippen LogP contribution in [-0.4, -0.2) is 22.8 Å². The minimum atomic E-state index is -0.613. The van der Waals surface area contributed by atoms with Crippen molar-refractivity contribution in [3.8, 4) is 0 Å². The van der Waals surface area contributed by atoms with Crippen molar-refractivity contribution in [2.75, 3.05) is 0 Å². The highest BCUT2D eigenvalue weighted by Gasteiger charge is 2.27. The zero-order chi connectivity index (χ0) is 8.36. The molecule has 2 unspecified atom stereocenters. The first kappa shape index (κ1) is 13.7. The molecule has 2 atom stereocenters. The van der Waals surface area contributed by atoms with Crippen molar-refractivity contribution in [3.63, 3.8) is 0 Å². The van der Waals surface area contributed by atoms with Crippen LogP contribution in [0.4, 0.5) is 0 Å². The van der Waals surface area contributed by atoms with Gasteiger partial charge in [0.2, 0.25) is 0 Å². The molecule has 0 bridgehead atoms. The number of hydrogen-bond acceptors (Lipinski definition) is 3. The Hall–Kier alpha value is 0.170. The van der Waals surface area contributed by atoms with Gasteiger partial charge in [-0.2, -0.15) is 0 Å². The third-order valence-electron chi connectivity index (χ3n) is 1.64. The van der Waals surface area contributed by atoms with Crippen molar-refractivity contribution < 1.29 is 5.11 Å². The first-order valence-corrected chi connectivity index (χ1v) is 3.62. The average molecular weight is 183 g/mol. The second-order valence-electron chi connectivity index (χ2n) is 3.34. The molecule has 70 valence electrons. The van der Waals surface area contributed by atoms with E-state index in [1.165, 1.54) is 0 Å². The fourth-order valence-electron chi connectivity index (χ4n) is 0.775. The maximum atomic E-state index is 9.40. The lowest BCUT2D eigenvalue weighted by Crippen LogP contribution is -2.54. The van der Waals surface area contributed by atoms with E-state index < -0.39 is 11.6 Å².